The summed E-state index contributed by atoms with van der Waals surface area (Å²) in [6, 6.07) is 2.02. The molecule has 100 valence electrons. The number of piperidine rings is 1. The summed E-state index contributed by atoms with van der Waals surface area (Å²) in [5.74, 6) is 0. The SMILES string of the molecule is Cn1cc(Br)c2sc(C=C3CCNCC3)cc2c1=O. The fourth-order valence-corrected chi connectivity index (χ4v) is 4.20. The molecule has 3 heterocycles. The van der Waals surface area contributed by atoms with Crippen molar-refractivity contribution in [2.45, 2.75) is 12.8 Å². The maximum Gasteiger partial charge on any atom is 0.259 e. The molecular formula is C14H15BrN2OS. The minimum atomic E-state index is 0.0735. The average molecular weight is 339 g/mol. The first-order valence-corrected chi connectivity index (χ1v) is 7.95. The molecule has 0 spiro atoms. The lowest BCUT2D eigenvalue weighted by molar-refractivity contribution is 0.613. The van der Waals surface area contributed by atoms with E-state index < -0.39 is 0 Å². The molecule has 0 amide bonds. The van der Waals surface area contributed by atoms with Crippen molar-refractivity contribution >= 4 is 43.4 Å². The Morgan fingerprint density at radius 1 is 1.42 bits per heavy atom. The summed E-state index contributed by atoms with van der Waals surface area (Å²) in [7, 11) is 1.79. The highest BCUT2D eigenvalue weighted by molar-refractivity contribution is 9.10. The number of pyridine rings is 1. The highest BCUT2D eigenvalue weighted by Gasteiger charge is 2.11. The van der Waals surface area contributed by atoms with Gasteiger partial charge >= 0.3 is 0 Å². The zero-order chi connectivity index (χ0) is 13.4. The number of thiophene rings is 1. The van der Waals surface area contributed by atoms with Crippen molar-refractivity contribution < 1.29 is 0 Å². The standard InChI is InChI=1S/C14H15BrN2OS/c1-17-8-12(15)13-11(14(17)18)7-10(19-13)6-9-2-4-16-5-3-9/h6-8,16H,2-5H2,1H3. The van der Waals surface area contributed by atoms with Crippen molar-refractivity contribution in [3.05, 3.63) is 37.5 Å². The summed E-state index contributed by atoms with van der Waals surface area (Å²) in [4.78, 5) is 13.3. The summed E-state index contributed by atoms with van der Waals surface area (Å²) < 4.78 is 3.66. The first-order valence-electron chi connectivity index (χ1n) is 6.34. The van der Waals surface area contributed by atoms with Crippen molar-refractivity contribution in [3.63, 3.8) is 0 Å². The van der Waals surface area contributed by atoms with Crippen LogP contribution in [0.25, 0.3) is 16.2 Å². The van der Waals surface area contributed by atoms with E-state index in [2.05, 4.69) is 27.3 Å². The van der Waals surface area contributed by atoms with Crippen LogP contribution in [0, 0.1) is 0 Å². The Bertz CT molecular complexity index is 706. The van der Waals surface area contributed by atoms with Gasteiger partial charge in [0.15, 0.2) is 0 Å². The van der Waals surface area contributed by atoms with E-state index in [1.54, 1.807) is 23.0 Å². The van der Waals surface area contributed by atoms with Crippen molar-refractivity contribution in [1.29, 1.82) is 0 Å². The molecule has 3 nitrogen and oxygen atoms in total. The summed E-state index contributed by atoms with van der Waals surface area (Å²) in [6.07, 6.45) is 6.29. The van der Waals surface area contributed by atoms with Gasteiger partial charge in [-0.15, -0.1) is 11.3 Å². The lowest BCUT2D eigenvalue weighted by atomic mass is 10.1. The number of nitrogens with zero attached hydrogens (tertiary/aromatic N) is 1. The number of fused-ring (bicyclic) bond motifs is 1. The number of aromatic nitrogens is 1. The minimum absolute atomic E-state index is 0.0735. The van der Waals surface area contributed by atoms with Gasteiger partial charge in [-0.3, -0.25) is 4.79 Å². The molecule has 1 N–H and O–H groups in total. The Kier molecular flexibility index (Phi) is 3.60. The molecule has 0 radical (unpaired) electrons. The Morgan fingerprint density at radius 3 is 2.89 bits per heavy atom. The molecule has 0 bridgehead atoms. The average Bonchev–Trinajstić information content (AvgIpc) is 2.82. The molecular weight excluding hydrogens is 324 g/mol. The van der Waals surface area contributed by atoms with E-state index in [1.807, 2.05) is 12.3 Å². The lowest BCUT2D eigenvalue weighted by Crippen LogP contribution is -2.22. The van der Waals surface area contributed by atoms with Gasteiger partial charge in [0.2, 0.25) is 0 Å². The Labute approximate surface area is 124 Å². The number of rotatable bonds is 1. The Morgan fingerprint density at radius 2 is 2.16 bits per heavy atom. The van der Waals surface area contributed by atoms with E-state index in [4.69, 9.17) is 0 Å². The number of nitrogens with one attached hydrogen (secondary N) is 1. The number of hydrogen-bond donors (Lipinski definition) is 1. The summed E-state index contributed by atoms with van der Waals surface area (Å²) in [5.41, 5.74) is 1.54. The van der Waals surface area contributed by atoms with Gasteiger partial charge in [-0.05, 0) is 54.0 Å². The van der Waals surface area contributed by atoms with Crippen LogP contribution < -0.4 is 10.9 Å². The molecule has 1 aliphatic rings. The predicted molar refractivity (Wildman–Crippen MR) is 84.8 cm³/mol. The third-order valence-electron chi connectivity index (χ3n) is 3.42. The van der Waals surface area contributed by atoms with Crippen molar-refractivity contribution in [3.8, 4) is 0 Å². The molecule has 1 fully saturated rings. The minimum Gasteiger partial charge on any atom is -0.317 e. The smallest absolute Gasteiger partial charge is 0.259 e. The Hall–Kier alpha value is -0.910. The van der Waals surface area contributed by atoms with Crippen LogP contribution in [0.3, 0.4) is 0 Å². The Balaban J connectivity index is 2.09. The van der Waals surface area contributed by atoms with Crippen LogP contribution in [0.1, 0.15) is 17.7 Å². The monoisotopic (exact) mass is 338 g/mol. The molecule has 1 saturated heterocycles. The summed E-state index contributed by atoms with van der Waals surface area (Å²) in [5, 5.41) is 4.16. The molecule has 0 aromatic carbocycles. The van der Waals surface area contributed by atoms with Crippen LogP contribution in [0.2, 0.25) is 0 Å². The third-order valence-corrected chi connectivity index (χ3v) is 5.40. The van der Waals surface area contributed by atoms with Crippen LogP contribution in [0.4, 0.5) is 0 Å². The van der Waals surface area contributed by atoms with E-state index in [0.29, 0.717) is 0 Å². The normalized spacial score (nSPS) is 16.0. The molecule has 0 saturated carbocycles. The first-order chi connectivity index (χ1) is 9.15. The van der Waals surface area contributed by atoms with Gasteiger partial charge < -0.3 is 9.88 Å². The molecule has 19 heavy (non-hydrogen) atoms. The summed E-state index contributed by atoms with van der Waals surface area (Å²) in [6.45, 7) is 2.12. The second kappa shape index (κ2) is 5.23. The quantitative estimate of drug-likeness (QED) is 0.866. The molecule has 3 rings (SSSR count). The topological polar surface area (TPSA) is 34.0 Å². The highest BCUT2D eigenvalue weighted by Crippen LogP contribution is 2.31. The van der Waals surface area contributed by atoms with E-state index in [0.717, 1.165) is 40.5 Å². The first kappa shape index (κ1) is 13.1. The fourth-order valence-electron chi connectivity index (χ4n) is 2.39. The molecule has 2 aromatic rings. The maximum atomic E-state index is 12.1. The molecule has 5 heteroatoms. The highest BCUT2D eigenvalue weighted by atomic mass is 79.9. The molecule has 2 aromatic heterocycles. The predicted octanol–water partition coefficient (Wildman–Crippen LogP) is 3.13. The van der Waals surface area contributed by atoms with Crippen molar-refractivity contribution in [1.82, 2.24) is 9.88 Å². The van der Waals surface area contributed by atoms with Crippen LogP contribution in [0.5, 0.6) is 0 Å². The van der Waals surface area contributed by atoms with Crippen LogP contribution in [-0.2, 0) is 7.05 Å². The summed E-state index contributed by atoms with van der Waals surface area (Å²) >= 11 is 5.22. The van der Waals surface area contributed by atoms with Crippen LogP contribution in [0.15, 0.2) is 27.1 Å². The van der Waals surface area contributed by atoms with Crippen molar-refractivity contribution in [2.75, 3.05) is 13.1 Å². The van der Waals surface area contributed by atoms with E-state index in [9.17, 15) is 4.79 Å². The van der Waals surface area contributed by atoms with Gasteiger partial charge in [0.1, 0.15) is 0 Å². The van der Waals surface area contributed by atoms with Gasteiger partial charge in [0.25, 0.3) is 5.56 Å². The maximum absolute atomic E-state index is 12.1. The zero-order valence-electron chi connectivity index (χ0n) is 10.7. The molecule has 0 atom stereocenters. The van der Waals surface area contributed by atoms with Crippen LogP contribution >= 0.6 is 27.3 Å². The number of aryl methyl sites for hydroxylation is 1. The van der Waals surface area contributed by atoms with Gasteiger partial charge in [0.05, 0.1) is 14.6 Å². The number of hydrogen-bond acceptors (Lipinski definition) is 3. The largest absolute Gasteiger partial charge is 0.317 e. The molecule has 0 aliphatic carbocycles. The van der Waals surface area contributed by atoms with Gasteiger partial charge in [0, 0.05) is 18.1 Å². The fraction of sp³-hybridized carbons (Fsp3) is 0.357. The van der Waals surface area contributed by atoms with E-state index in [1.165, 1.54) is 10.5 Å². The molecule has 1 aliphatic heterocycles. The van der Waals surface area contributed by atoms with Gasteiger partial charge in [-0.1, -0.05) is 5.57 Å². The van der Waals surface area contributed by atoms with Gasteiger partial charge in [-0.25, -0.2) is 0 Å². The van der Waals surface area contributed by atoms with Crippen molar-refractivity contribution in [2.24, 2.45) is 7.05 Å². The third kappa shape index (κ3) is 2.55. The van der Waals surface area contributed by atoms with E-state index >= 15 is 0 Å². The van der Waals surface area contributed by atoms with Gasteiger partial charge in [-0.2, -0.15) is 0 Å². The number of halogens is 1. The van der Waals surface area contributed by atoms with Crippen LogP contribution in [-0.4, -0.2) is 17.7 Å². The zero-order valence-corrected chi connectivity index (χ0v) is 13.1. The lowest BCUT2D eigenvalue weighted by Gasteiger charge is -2.14. The van der Waals surface area contributed by atoms with E-state index in [-0.39, 0.29) is 5.56 Å². The second-order valence-corrected chi connectivity index (χ2v) is 6.78. The second-order valence-electron chi connectivity index (χ2n) is 4.84. The molecule has 0 unspecified atom stereocenters.